The minimum absolute atomic E-state index is 0.197. The van der Waals surface area contributed by atoms with Crippen LogP contribution in [0.4, 0.5) is 0 Å². The van der Waals surface area contributed by atoms with Crippen LogP contribution < -0.4 is 4.72 Å². The van der Waals surface area contributed by atoms with Gasteiger partial charge in [-0.05, 0) is 212 Å². The molecule has 0 saturated carbocycles. The average molecular weight is 1990 g/mol. The highest BCUT2D eigenvalue weighted by Crippen LogP contribution is 2.30. The number of hydroxylamine groups is 2. The van der Waals surface area contributed by atoms with Gasteiger partial charge in [0, 0.05) is 31.2 Å². The van der Waals surface area contributed by atoms with E-state index in [1.807, 2.05) is 110 Å². The fourth-order valence-electron chi connectivity index (χ4n) is 14.0. The molecule has 0 aromatic heterocycles. The van der Waals surface area contributed by atoms with Crippen LogP contribution in [-0.2, 0) is 38.6 Å². The van der Waals surface area contributed by atoms with Gasteiger partial charge >= 0.3 is 23.9 Å². The number of nitrogens with one attached hydrogen (secondary N) is 1. The minimum Gasteiger partial charge on any atom is -0.464 e. The van der Waals surface area contributed by atoms with Crippen LogP contribution in [0.25, 0.3) is 32.3 Å². The molecule has 0 fully saturated rings. The number of imide groups is 5. The van der Waals surface area contributed by atoms with Crippen LogP contribution >= 0.6 is 11.6 Å². The van der Waals surface area contributed by atoms with Crippen LogP contribution in [-0.4, -0.2) is 182 Å². The van der Waals surface area contributed by atoms with Crippen molar-refractivity contribution in [3.63, 3.8) is 0 Å². The Hall–Kier alpha value is -17.2. The number of hydrogen-bond acceptors (Lipinski definition) is 21. The number of sulfonamides is 1. The molecule has 0 radical (unpaired) electrons. The predicted molar refractivity (Wildman–Crippen MR) is 559 cm³/mol. The van der Waals surface area contributed by atoms with Crippen molar-refractivity contribution in [3.8, 4) is 0 Å². The highest BCUT2D eigenvalue weighted by atomic mass is 35.5. The van der Waals surface area contributed by atoms with Crippen molar-refractivity contribution >= 4 is 137 Å². The number of nitrogens with zero attached hydrogens (tertiary/aromatic N) is 5. The van der Waals surface area contributed by atoms with E-state index in [2.05, 4.69) is 63.9 Å². The maximum absolute atomic E-state index is 12.0. The van der Waals surface area contributed by atoms with Crippen molar-refractivity contribution < 1.29 is 99.3 Å². The quantitative estimate of drug-likeness (QED) is 0.0134. The lowest BCUT2D eigenvalue weighted by Gasteiger charge is -2.12. The molecule has 5 aliphatic rings. The average Bonchev–Trinajstić information content (AvgIpc) is 1.66. The van der Waals surface area contributed by atoms with Gasteiger partial charge in [-0.25, -0.2) is 27.5 Å². The van der Waals surface area contributed by atoms with Crippen LogP contribution in [0.1, 0.15) is 187 Å². The summed E-state index contributed by atoms with van der Waals surface area (Å²) in [6, 6.07) is 80.1. The number of carbonyl (C=O) groups excluding carboxylic acids is 14. The number of fused-ring (bicyclic) bond motifs is 8. The maximum atomic E-state index is 12.0. The van der Waals surface area contributed by atoms with Crippen LogP contribution in [0.3, 0.4) is 0 Å². The van der Waals surface area contributed by atoms with Crippen molar-refractivity contribution in [2.75, 3.05) is 65.8 Å². The number of ether oxygens (including phenoxy) is 4. The predicted octanol–water partition coefficient (Wildman–Crippen LogP) is 21.3. The number of esters is 4. The molecule has 0 spiro atoms. The van der Waals surface area contributed by atoms with Crippen LogP contribution in [0.5, 0.6) is 0 Å². The molecule has 12 aromatic carbocycles. The normalized spacial score (nSPS) is 12.4. The van der Waals surface area contributed by atoms with Gasteiger partial charge < -0.3 is 18.9 Å². The van der Waals surface area contributed by atoms with E-state index in [-0.39, 0.29) is 86.3 Å². The summed E-state index contributed by atoms with van der Waals surface area (Å²) in [7, 11) is -3.42. The minimum atomic E-state index is -3.42. The topological polar surface area (TPSA) is 347 Å². The number of halogens is 1. The SMILES string of the molecule is C=C(C)CN1C(=O)c2ccccc2C1=O.C=C(C)COC(=O)c1ccc2ccccc2c1.C=CCCN1C(=O)c2ccccc2C1=O.C=CCCNS(=O)(=O)c1ccc2ccccc2c1.C=CCCOC(=O)CN1C(=O)c2ccccc2C1=O.C=CCCOC(=O)c1ccc(Cl)cc1.C=CCCOC(=O)c1ccc2ccccc2c1.C=CCCON1C(=O)c2ccccc2C1=O.C=CCN1C(=O)c2ccccc2C1=O. The smallest absolute Gasteiger partial charge is 0.338 e. The summed E-state index contributed by atoms with van der Waals surface area (Å²) in [5.41, 5.74) is 7.71. The van der Waals surface area contributed by atoms with Crippen LogP contribution in [0.2, 0.25) is 5.02 Å². The zero-order valence-electron chi connectivity index (χ0n) is 80.3. The Morgan fingerprint density at radius 1 is 0.317 bits per heavy atom. The molecule has 0 aliphatic carbocycles. The molecule has 0 unspecified atom stereocenters. The van der Waals surface area contributed by atoms with Crippen molar-refractivity contribution in [3.05, 3.63) is 463 Å². The third-order valence-corrected chi connectivity index (χ3v) is 23.0. The van der Waals surface area contributed by atoms with Gasteiger partial charge in [0.1, 0.15) is 13.2 Å². The Kier molecular flexibility index (Phi) is 43.3. The van der Waals surface area contributed by atoms with E-state index in [1.54, 1.807) is 219 Å². The first-order valence-electron chi connectivity index (χ1n) is 45.7. The Labute approximate surface area is 846 Å². The van der Waals surface area contributed by atoms with Gasteiger partial charge in [-0.15, -0.1) is 51.1 Å². The first-order chi connectivity index (χ1) is 69.9. The molecule has 145 heavy (non-hydrogen) atoms. The van der Waals surface area contributed by atoms with Crippen LogP contribution in [0.15, 0.2) is 391 Å². The Bertz CT molecular complexity index is 6870. The summed E-state index contributed by atoms with van der Waals surface area (Å²) in [5.74, 6) is -4.53. The summed E-state index contributed by atoms with van der Waals surface area (Å²) in [6.07, 6.45) is 15.4. The van der Waals surface area contributed by atoms with Crippen LogP contribution in [0, 0.1) is 0 Å². The summed E-state index contributed by atoms with van der Waals surface area (Å²) < 4.78 is 46.6. The monoisotopic (exact) mass is 1990 g/mol. The number of hydrogen-bond donors (Lipinski definition) is 1. The van der Waals surface area contributed by atoms with Gasteiger partial charge in [-0.3, -0.25) is 77.2 Å². The molecule has 12 aromatic rings. The molecule has 5 aliphatic heterocycles. The van der Waals surface area contributed by atoms with Gasteiger partial charge in [-0.1, -0.05) is 225 Å². The molecule has 29 heteroatoms. The molecular formula is C116H109ClN6O21S. The largest absolute Gasteiger partial charge is 0.464 e. The zero-order valence-corrected chi connectivity index (χ0v) is 81.9. The third-order valence-electron chi connectivity index (χ3n) is 21.3. The highest BCUT2D eigenvalue weighted by Gasteiger charge is 2.40. The standard InChI is InChI=1S/2C15H14O2.C14H13NO4.C14H15NO2S.C12H11NO3.2C12H11NO2.C11H11ClO2.C11H9NO2/c1-11(2)10-17-15(16)14-8-7-12-5-3-4-6-13(12)9-14;1-2-3-10-17-15(16)14-9-8-12-6-4-5-7-13(12)11-14;1-2-3-8-19-12(16)9-15-13(17)10-6-4-5-7-11(10)14(15)18;1-2-3-10-15-18(16,17)14-9-8-12-6-4-5-7-13(12)11-14;1-2-3-8-16-13-11(14)9-6-4-5-7-10(9)12(13)15;1-8(2)7-13-11(14)9-5-3-4-6-10(9)12(13)15;1-2-3-8-13-11(14)9-6-4-5-7-10(9)12(13)15;1-2-3-8-14-11(13)9-4-6-10(12)7-5-9;1-2-7-12-10(13)8-5-3-4-6-9(8)11(12)14/h3-9H,1,10H2,2H3;2,4-9,11H,1,3,10H2;2,4-7H,1,3,8-9H2;2,4-9,11,15H,1,3,10H2;2,4-7H,1,3,8H2;3-6H,1,7H2,2H3;2,4-7H,1,3,8H2;2,4-7H,1,3,8H2;2-6H,1,7H2. The van der Waals surface area contributed by atoms with Gasteiger partial charge in [0.05, 0.1) is 104 Å². The molecule has 742 valence electrons. The second-order valence-corrected chi connectivity index (χ2v) is 34.3. The number of amides is 10. The van der Waals surface area contributed by atoms with E-state index < -0.39 is 39.6 Å². The van der Waals surface area contributed by atoms with Crippen molar-refractivity contribution in [1.29, 1.82) is 0 Å². The molecule has 0 saturated heterocycles. The van der Waals surface area contributed by atoms with Gasteiger partial charge in [-0.2, -0.15) is 0 Å². The first kappa shape index (κ1) is 111. The Morgan fingerprint density at radius 3 is 1.00 bits per heavy atom. The van der Waals surface area contributed by atoms with Gasteiger partial charge in [0.15, 0.2) is 0 Å². The lowest BCUT2D eigenvalue weighted by molar-refractivity contribution is -0.143. The summed E-state index contributed by atoms with van der Waals surface area (Å²) in [4.78, 5) is 174. The van der Waals surface area contributed by atoms with Crippen molar-refractivity contribution in [2.24, 2.45) is 0 Å². The molecule has 17 rings (SSSR count). The number of rotatable bonds is 32. The van der Waals surface area contributed by atoms with E-state index in [4.69, 9.17) is 35.4 Å². The lowest BCUT2D eigenvalue weighted by atomic mass is 10.1. The van der Waals surface area contributed by atoms with E-state index in [0.29, 0.717) is 154 Å². The Balaban J connectivity index is 0.000000182. The zero-order chi connectivity index (χ0) is 105. The first-order valence-corrected chi connectivity index (χ1v) is 47.6. The molecule has 0 atom stereocenters. The fraction of sp³-hybridized carbons (Fsp3) is 0.155. The van der Waals surface area contributed by atoms with E-state index in [1.165, 1.54) is 14.7 Å². The fourth-order valence-corrected chi connectivity index (χ4v) is 15.2. The maximum Gasteiger partial charge on any atom is 0.338 e. The summed E-state index contributed by atoms with van der Waals surface area (Å²) >= 11 is 5.68. The molecule has 5 heterocycles. The van der Waals surface area contributed by atoms with Crippen molar-refractivity contribution in [2.45, 2.75) is 57.3 Å². The number of carbonyl (C=O) groups is 14. The molecule has 10 amide bonds. The number of benzene rings is 12. The Morgan fingerprint density at radius 2 is 0.628 bits per heavy atom. The lowest BCUT2D eigenvalue weighted by Crippen LogP contribution is -2.35. The second kappa shape index (κ2) is 56.3. The van der Waals surface area contributed by atoms with Gasteiger partial charge in [0.25, 0.3) is 59.1 Å². The van der Waals surface area contributed by atoms with E-state index in [9.17, 15) is 75.5 Å². The third kappa shape index (κ3) is 31.2. The highest BCUT2D eigenvalue weighted by molar-refractivity contribution is 7.89. The van der Waals surface area contributed by atoms with E-state index >= 15 is 0 Å². The van der Waals surface area contributed by atoms with Crippen molar-refractivity contribution in [1.82, 2.24) is 29.4 Å². The van der Waals surface area contributed by atoms with E-state index in [0.717, 1.165) is 53.4 Å². The van der Waals surface area contributed by atoms with Gasteiger partial charge in [0.2, 0.25) is 10.0 Å². The second-order valence-electron chi connectivity index (χ2n) is 32.1. The molecular weight excluding hydrogens is 1880 g/mol. The molecule has 27 nitrogen and oxygen atoms in total. The summed E-state index contributed by atoms with van der Waals surface area (Å²) in [5, 5.41) is 7.69. The molecule has 0 bridgehead atoms. The summed E-state index contributed by atoms with van der Waals surface area (Å²) in [6.45, 7) is 38.3. The molecule has 1 N–H and O–H groups in total.